The van der Waals surface area contributed by atoms with Crippen molar-refractivity contribution < 1.29 is 2.74 Å². The van der Waals surface area contributed by atoms with E-state index in [0.29, 0.717) is 0 Å². The fourth-order valence-corrected chi connectivity index (χ4v) is 4.67. The van der Waals surface area contributed by atoms with Gasteiger partial charge in [0.25, 0.3) is 0 Å². The lowest BCUT2D eigenvalue weighted by Crippen LogP contribution is -2.24. The molecule has 1 aliphatic rings. The second-order valence-corrected chi connectivity index (χ2v) is 8.42. The summed E-state index contributed by atoms with van der Waals surface area (Å²) >= 11 is 0. The van der Waals surface area contributed by atoms with E-state index in [0.717, 1.165) is 22.0 Å². The largest absolute Gasteiger partial charge is 0.255 e. The van der Waals surface area contributed by atoms with E-state index >= 15 is 0 Å². The van der Waals surface area contributed by atoms with Gasteiger partial charge in [-0.15, -0.1) is 0 Å². The molecule has 0 aliphatic heterocycles. The van der Waals surface area contributed by atoms with Gasteiger partial charge in [0.1, 0.15) is 0 Å². The Balaban J connectivity index is 1.91. The zero-order valence-corrected chi connectivity index (χ0v) is 16.3. The molecule has 0 saturated carbocycles. The number of nitrogens with zero attached hydrogens (tertiary/aromatic N) is 1. The van der Waals surface area contributed by atoms with Crippen molar-refractivity contribution in [3.05, 3.63) is 77.5 Å². The van der Waals surface area contributed by atoms with Crippen molar-refractivity contribution in [3.8, 4) is 11.3 Å². The van der Waals surface area contributed by atoms with E-state index < -0.39 is 6.37 Å². The molecule has 3 aromatic carbocycles. The van der Waals surface area contributed by atoms with Crippen LogP contribution >= 0.6 is 0 Å². The number of hydrogen-bond acceptors (Lipinski definition) is 1. The van der Waals surface area contributed by atoms with E-state index in [1.807, 2.05) is 32.2 Å². The van der Waals surface area contributed by atoms with E-state index in [9.17, 15) is 0 Å². The summed E-state index contributed by atoms with van der Waals surface area (Å²) < 4.78 is 17.2. The van der Waals surface area contributed by atoms with Crippen LogP contribution in [0.4, 0.5) is 0 Å². The molecule has 1 aliphatic carbocycles. The molecular weight excluding hydrogens is 326 g/mol. The highest BCUT2D eigenvalue weighted by Gasteiger charge is 2.35. The Labute approximate surface area is 163 Å². The van der Waals surface area contributed by atoms with E-state index in [2.05, 4.69) is 56.3 Å². The minimum atomic E-state index is -1.37. The number of benzene rings is 3. The molecule has 1 nitrogen and oxygen atoms in total. The van der Waals surface area contributed by atoms with Crippen LogP contribution in [0.5, 0.6) is 0 Å². The van der Waals surface area contributed by atoms with Crippen LogP contribution in [0.15, 0.2) is 60.8 Å². The summed E-state index contributed by atoms with van der Waals surface area (Å²) in [5.41, 5.74) is 5.22. The number of fused-ring (bicyclic) bond motifs is 4. The molecule has 5 rings (SSSR count). The number of rotatable bonds is 2. The normalized spacial score (nSPS) is 16.3. The van der Waals surface area contributed by atoms with Gasteiger partial charge in [-0.05, 0) is 45.1 Å². The van der Waals surface area contributed by atoms with Gasteiger partial charge in [-0.1, -0.05) is 82.3 Å². The van der Waals surface area contributed by atoms with Crippen LogP contribution in [0.3, 0.4) is 0 Å². The van der Waals surface area contributed by atoms with Gasteiger partial charge in [-0.25, -0.2) is 0 Å². The fourth-order valence-electron chi connectivity index (χ4n) is 4.67. The standard InChI is InChI=1S/C26H25N/c1-16(2)13-17-11-12-19-15-27-25-20-9-5-7-18-8-6-10-22(23(18)20)26(3,4)24(25)21(19)14-17/h5-12,14-16H,13H2,1-4H3/i13D2. The van der Waals surface area contributed by atoms with Crippen molar-refractivity contribution in [1.82, 2.24) is 4.98 Å². The summed E-state index contributed by atoms with van der Waals surface area (Å²) in [7, 11) is 0. The topological polar surface area (TPSA) is 12.9 Å². The lowest BCUT2D eigenvalue weighted by Gasteiger charge is -2.35. The SMILES string of the molecule is [2H]C([2H])(c1ccc2cnc3c(c2c1)C(C)(C)c1cccc2cccc-3c12)C(C)C. The second kappa shape index (κ2) is 5.66. The smallest absolute Gasteiger partial charge is 0.0755 e. The highest BCUT2D eigenvalue weighted by atomic mass is 14.7. The van der Waals surface area contributed by atoms with Gasteiger partial charge in [0, 0.05) is 25.3 Å². The molecule has 0 atom stereocenters. The molecule has 1 heteroatoms. The summed E-state index contributed by atoms with van der Waals surface area (Å²) in [6, 6.07) is 19.0. The molecule has 0 amide bonds. The van der Waals surface area contributed by atoms with E-state index in [1.54, 1.807) is 0 Å². The third-order valence-corrected chi connectivity index (χ3v) is 5.81. The van der Waals surface area contributed by atoms with Gasteiger partial charge in [0.2, 0.25) is 0 Å². The van der Waals surface area contributed by atoms with Crippen LogP contribution in [-0.2, 0) is 11.8 Å². The molecule has 0 fully saturated rings. The van der Waals surface area contributed by atoms with Crippen molar-refractivity contribution in [3.63, 3.8) is 0 Å². The van der Waals surface area contributed by atoms with E-state index in [1.165, 1.54) is 27.5 Å². The Hall–Kier alpha value is -2.67. The van der Waals surface area contributed by atoms with Crippen molar-refractivity contribution in [1.29, 1.82) is 0 Å². The highest BCUT2D eigenvalue weighted by Crippen LogP contribution is 2.49. The Kier molecular flexibility index (Phi) is 3.02. The monoisotopic (exact) mass is 353 g/mol. The van der Waals surface area contributed by atoms with Gasteiger partial charge in [-0.3, -0.25) is 4.98 Å². The lowest BCUT2D eigenvalue weighted by atomic mass is 9.68. The zero-order chi connectivity index (χ0) is 20.6. The summed E-state index contributed by atoms with van der Waals surface area (Å²) in [5, 5.41) is 4.69. The maximum atomic E-state index is 8.60. The minimum absolute atomic E-state index is 0.0971. The van der Waals surface area contributed by atoms with Crippen molar-refractivity contribution in [2.75, 3.05) is 0 Å². The van der Waals surface area contributed by atoms with Gasteiger partial charge < -0.3 is 0 Å². The average Bonchev–Trinajstić information content (AvgIpc) is 2.70. The first-order valence-corrected chi connectivity index (χ1v) is 9.69. The van der Waals surface area contributed by atoms with Gasteiger partial charge in [-0.2, -0.15) is 0 Å². The summed E-state index contributed by atoms with van der Waals surface area (Å²) in [6.45, 7) is 8.41. The molecule has 0 bridgehead atoms. The molecule has 134 valence electrons. The molecular formula is C26H25N. The first-order chi connectivity index (χ1) is 13.7. The van der Waals surface area contributed by atoms with E-state index in [-0.39, 0.29) is 11.3 Å². The number of pyridine rings is 1. The highest BCUT2D eigenvalue weighted by molar-refractivity contribution is 6.05. The Bertz CT molecular complexity index is 1280. The minimum Gasteiger partial charge on any atom is -0.255 e. The maximum Gasteiger partial charge on any atom is 0.0755 e. The van der Waals surface area contributed by atoms with Crippen LogP contribution < -0.4 is 0 Å². The van der Waals surface area contributed by atoms with Gasteiger partial charge in [0.15, 0.2) is 0 Å². The fraction of sp³-hybridized carbons (Fsp3) is 0.269. The molecule has 27 heavy (non-hydrogen) atoms. The van der Waals surface area contributed by atoms with E-state index in [4.69, 9.17) is 7.73 Å². The van der Waals surface area contributed by atoms with Crippen LogP contribution in [0.2, 0.25) is 0 Å². The number of aromatic nitrogens is 1. The molecule has 4 aromatic rings. The molecule has 0 spiro atoms. The van der Waals surface area contributed by atoms with Crippen LogP contribution in [0.1, 0.15) is 47.1 Å². The third-order valence-electron chi connectivity index (χ3n) is 5.81. The predicted octanol–water partition coefficient (Wildman–Crippen LogP) is 6.89. The Morgan fingerprint density at radius 2 is 1.78 bits per heavy atom. The molecule has 1 heterocycles. The summed E-state index contributed by atoms with van der Waals surface area (Å²) in [5.74, 6) is -0.0971. The molecule has 0 saturated heterocycles. The average molecular weight is 354 g/mol. The van der Waals surface area contributed by atoms with Crippen LogP contribution in [-0.4, -0.2) is 4.98 Å². The second-order valence-electron chi connectivity index (χ2n) is 8.42. The Morgan fingerprint density at radius 1 is 1.00 bits per heavy atom. The zero-order valence-electron chi connectivity index (χ0n) is 18.3. The first-order valence-electron chi connectivity index (χ1n) is 10.7. The summed E-state index contributed by atoms with van der Waals surface area (Å²) in [4.78, 5) is 4.90. The summed E-state index contributed by atoms with van der Waals surface area (Å²) in [6.07, 6.45) is 0.562. The first kappa shape index (κ1) is 14.4. The molecule has 0 N–H and O–H groups in total. The van der Waals surface area contributed by atoms with Gasteiger partial charge in [0.05, 0.1) is 5.69 Å². The maximum absolute atomic E-state index is 8.60. The molecule has 1 aromatic heterocycles. The predicted molar refractivity (Wildman–Crippen MR) is 115 cm³/mol. The number of hydrogen-bond donors (Lipinski definition) is 0. The lowest BCUT2D eigenvalue weighted by molar-refractivity contribution is 0.644. The van der Waals surface area contributed by atoms with Crippen LogP contribution in [0, 0.1) is 5.92 Å². The van der Waals surface area contributed by atoms with Gasteiger partial charge >= 0.3 is 0 Å². The van der Waals surface area contributed by atoms with Crippen molar-refractivity contribution >= 4 is 21.5 Å². The Morgan fingerprint density at radius 3 is 2.56 bits per heavy atom. The van der Waals surface area contributed by atoms with Crippen molar-refractivity contribution in [2.45, 2.75) is 39.5 Å². The molecule has 0 unspecified atom stereocenters. The van der Waals surface area contributed by atoms with Crippen LogP contribution in [0.25, 0.3) is 32.8 Å². The quantitative estimate of drug-likeness (QED) is 0.382. The molecule has 0 radical (unpaired) electrons. The van der Waals surface area contributed by atoms with Crippen molar-refractivity contribution in [2.24, 2.45) is 5.92 Å². The third kappa shape index (κ3) is 2.34.